The first-order valence-corrected chi connectivity index (χ1v) is 12.1. The lowest BCUT2D eigenvalue weighted by atomic mass is 10.0. The maximum Gasteiger partial charge on any atom is 0.326 e. The fourth-order valence-electron chi connectivity index (χ4n) is 3.86. The van der Waals surface area contributed by atoms with Gasteiger partial charge in [0.1, 0.15) is 6.04 Å². The van der Waals surface area contributed by atoms with Gasteiger partial charge in [0.15, 0.2) is 5.13 Å². The Bertz CT molecular complexity index is 1330. The van der Waals surface area contributed by atoms with Gasteiger partial charge in [0.25, 0.3) is 5.91 Å². The van der Waals surface area contributed by atoms with Crippen LogP contribution in [0.1, 0.15) is 26.4 Å². The Morgan fingerprint density at radius 3 is 2.40 bits per heavy atom. The van der Waals surface area contributed by atoms with Crippen LogP contribution in [0.5, 0.6) is 0 Å². The Balaban J connectivity index is 1.51. The van der Waals surface area contributed by atoms with E-state index in [0.717, 1.165) is 26.8 Å². The van der Waals surface area contributed by atoms with Crippen molar-refractivity contribution in [2.24, 2.45) is 0 Å². The normalized spacial score (nSPS) is 11.6. The van der Waals surface area contributed by atoms with E-state index >= 15 is 0 Å². The molecule has 0 saturated heterocycles. The fourth-order valence-corrected chi connectivity index (χ4v) is 4.71. The molecule has 2 N–H and O–H groups in total. The third kappa shape index (κ3) is 5.75. The second-order valence-electron chi connectivity index (χ2n) is 8.46. The summed E-state index contributed by atoms with van der Waals surface area (Å²) in [6.07, 6.45) is 0.233. The second-order valence-corrected chi connectivity index (χ2v) is 9.66. The van der Waals surface area contributed by atoms with Crippen LogP contribution in [0.15, 0.2) is 78.9 Å². The molecule has 178 valence electrons. The van der Waals surface area contributed by atoms with Gasteiger partial charge in [-0.25, -0.2) is 9.78 Å². The van der Waals surface area contributed by atoms with Crippen LogP contribution in [0.2, 0.25) is 0 Å². The van der Waals surface area contributed by atoms with E-state index in [-0.39, 0.29) is 12.3 Å². The smallest absolute Gasteiger partial charge is 0.326 e. The van der Waals surface area contributed by atoms with Crippen LogP contribution < -0.4 is 5.32 Å². The maximum absolute atomic E-state index is 13.2. The zero-order valence-corrected chi connectivity index (χ0v) is 20.7. The molecule has 1 heterocycles. The van der Waals surface area contributed by atoms with Crippen LogP contribution in [0.3, 0.4) is 0 Å². The second kappa shape index (κ2) is 10.5. The number of aliphatic carboxylic acids is 1. The molecule has 3 aromatic carbocycles. The van der Waals surface area contributed by atoms with E-state index in [1.54, 1.807) is 29.5 Å². The molecule has 4 aromatic rings. The summed E-state index contributed by atoms with van der Waals surface area (Å²) >= 11 is 1.54. The predicted molar refractivity (Wildman–Crippen MR) is 140 cm³/mol. The van der Waals surface area contributed by atoms with Crippen LogP contribution >= 0.6 is 11.3 Å². The summed E-state index contributed by atoms with van der Waals surface area (Å²) in [6.45, 7) is 4.09. The summed E-state index contributed by atoms with van der Waals surface area (Å²) in [6, 6.07) is 23.6. The van der Waals surface area contributed by atoms with Crippen molar-refractivity contribution in [2.75, 3.05) is 12.4 Å². The van der Waals surface area contributed by atoms with Gasteiger partial charge in [0, 0.05) is 35.2 Å². The molecular formula is C28H27N3O3S. The lowest BCUT2D eigenvalue weighted by Crippen LogP contribution is -2.43. The molecule has 1 amide bonds. The minimum Gasteiger partial charge on any atom is -0.480 e. The molecule has 35 heavy (non-hydrogen) atoms. The Kier molecular flexibility index (Phi) is 7.27. The standard InChI is InChI=1S/C28H27N3O3S/c1-18-12-14-21(15-13-18)25-19(2)35-28(30-25)29-23-11-7-10-22(17-23)26(32)31(3)24(27(33)34)16-20-8-5-4-6-9-20/h4-15,17,24H,16H2,1-3H3,(H,29,30)(H,33,34)/t24-/m0/s1. The van der Waals surface area contributed by atoms with Crippen LogP contribution in [-0.2, 0) is 11.2 Å². The van der Waals surface area contributed by atoms with Gasteiger partial charge in [0.05, 0.1) is 5.69 Å². The number of aryl methyl sites for hydroxylation is 2. The van der Waals surface area contributed by atoms with Gasteiger partial charge in [-0.3, -0.25) is 4.79 Å². The van der Waals surface area contributed by atoms with E-state index < -0.39 is 12.0 Å². The Hall–Kier alpha value is -3.97. The number of aromatic nitrogens is 1. The molecule has 0 aliphatic heterocycles. The number of carboxylic acid groups (broad SMARTS) is 1. The molecular weight excluding hydrogens is 458 g/mol. The molecule has 0 spiro atoms. The van der Waals surface area contributed by atoms with Crippen molar-refractivity contribution in [3.63, 3.8) is 0 Å². The van der Waals surface area contributed by atoms with Crippen molar-refractivity contribution in [1.29, 1.82) is 0 Å². The monoisotopic (exact) mass is 485 g/mol. The Morgan fingerprint density at radius 1 is 1.00 bits per heavy atom. The van der Waals surface area contributed by atoms with E-state index in [2.05, 4.69) is 36.5 Å². The zero-order chi connectivity index (χ0) is 24.9. The zero-order valence-electron chi connectivity index (χ0n) is 19.9. The SMILES string of the molecule is Cc1ccc(-c2nc(Nc3cccc(C(=O)N(C)[C@@H](Cc4ccccc4)C(=O)O)c3)sc2C)cc1. The van der Waals surface area contributed by atoms with Gasteiger partial charge in [-0.1, -0.05) is 66.2 Å². The number of carbonyl (C=O) groups excluding carboxylic acids is 1. The lowest BCUT2D eigenvalue weighted by Gasteiger charge is -2.25. The highest BCUT2D eigenvalue weighted by atomic mass is 32.1. The summed E-state index contributed by atoms with van der Waals surface area (Å²) in [7, 11) is 1.53. The summed E-state index contributed by atoms with van der Waals surface area (Å²) in [5.41, 5.74) is 5.15. The number of carboxylic acids is 1. The van der Waals surface area contributed by atoms with Gasteiger partial charge in [-0.05, 0) is 37.6 Å². The first-order valence-electron chi connectivity index (χ1n) is 11.3. The van der Waals surface area contributed by atoms with E-state index in [4.69, 9.17) is 4.98 Å². The van der Waals surface area contributed by atoms with Crippen molar-refractivity contribution in [1.82, 2.24) is 9.88 Å². The number of likely N-dealkylation sites (N-methyl/N-ethyl adjacent to an activating group) is 1. The van der Waals surface area contributed by atoms with Gasteiger partial charge in [-0.2, -0.15) is 0 Å². The van der Waals surface area contributed by atoms with Crippen molar-refractivity contribution in [2.45, 2.75) is 26.3 Å². The third-order valence-corrected chi connectivity index (χ3v) is 6.71. The van der Waals surface area contributed by atoms with Gasteiger partial charge < -0.3 is 15.3 Å². The minimum absolute atomic E-state index is 0.233. The Morgan fingerprint density at radius 2 is 1.71 bits per heavy atom. The average Bonchev–Trinajstić information content (AvgIpc) is 3.22. The Labute approximate surface area is 208 Å². The van der Waals surface area contributed by atoms with Gasteiger partial charge in [0.2, 0.25) is 0 Å². The van der Waals surface area contributed by atoms with Crippen LogP contribution in [0, 0.1) is 13.8 Å². The molecule has 0 aliphatic carbocycles. The average molecular weight is 486 g/mol. The number of nitrogens with one attached hydrogen (secondary N) is 1. The first kappa shape index (κ1) is 24.2. The topological polar surface area (TPSA) is 82.5 Å². The van der Waals surface area contributed by atoms with Crippen LogP contribution in [-0.4, -0.2) is 40.0 Å². The number of hydrogen-bond donors (Lipinski definition) is 2. The number of thiazole rings is 1. The van der Waals surface area contributed by atoms with Crippen LogP contribution in [0.4, 0.5) is 10.8 Å². The quantitative estimate of drug-likeness (QED) is 0.323. The number of nitrogens with zero attached hydrogens (tertiary/aromatic N) is 2. The molecule has 4 rings (SSSR count). The van der Waals surface area contributed by atoms with Gasteiger partial charge >= 0.3 is 5.97 Å². The number of amides is 1. The highest BCUT2D eigenvalue weighted by Crippen LogP contribution is 2.32. The molecule has 0 bridgehead atoms. The highest BCUT2D eigenvalue weighted by Gasteiger charge is 2.27. The largest absolute Gasteiger partial charge is 0.480 e. The molecule has 1 aromatic heterocycles. The molecule has 7 heteroatoms. The molecule has 0 saturated carbocycles. The number of hydrogen-bond acceptors (Lipinski definition) is 5. The number of anilines is 2. The van der Waals surface area contributed by atoms with Crippen molar-refractivity contribution < 1.29 is 14.7 Å². The van der Waals surface area contributed by atoms with Crippen LogP contribution in [0.25, 0.3) is 11.3 Å². The predicted octanol–water partition coefficient (Wildman–Crippen LogP) is 5.94. The minimum atomic E-state index is -1.04. The number of benzene rings is 3. The summed E-state index contributed by atoms with van der Waals surface area (Å²) in [4.78, 5) is 32.3. The van der Waals surface area contributed by atoms with E-state index in [1.165, 1.54) is 17.5 Å². The number of carbonyl (C=O) groups is 2. The van der Waals surface area contributed by atoms with E-state index in [0.29, 0.717) is 11.3 Å². The summed E-state index contributed by atoms with van der Waals surface area (Å²) < 4.78 is 0. The first-order chi connectivity index (χ1) is 16.8. The molecule has 6 nitrogen and oxygen atoms in total. The van der Waals surface area contributed by atoms with Crippen molar-refractivity contribution in [3.8, 4) is 11.3 Å². The van der Waals surface area contributed by atoms with Gasteiger partial charge in [-0.15, -0.1) is 11.3 Å². The molecule has 0 aliphatic rings. The maximum atomic E-state index is 13.2. The summed E-state index contributed by atoms with van der Waals surface area (Å²) in [5, 5.41) is 13.8. The summed E-state index contributed by atoms with van der Waals surface area (Å²) in [5.74, 6) is -1.39. The fraction of sp³-hybridized carbons (Fsp3) is 0.179. The molecule has 1 atom stereocenters. The van der Waals surface area contributed by atoms with E-state index in [1.807, 2.05) is 43.3 Å². The third-order valence-electron chi connectivity index (χ3n) is 5.83. The molecule has 0 fully saturated rings. The lowest BCUT2D eigenvalue weighted by molar-refractivity contribution is -0.141. The highest BCUT2D eigenvalue weighted by molar-refractivity contribution is 7.16. The van der Waals surface area contributed by atoms with E-state index in [9.17, 15) is 14.7 Å². The van der Waals surface area contributed by atoms with Crippen molar-refractivity contribution in [3.05, 3.63) is 100 Å². The molecule has 0 radical (unpaired) electrons. The number of rotatable bonds is 8. The van der Waals surface area contributed by atoms with Crippen molar-refractivity contribution >= 4 is 34.0 Å². The molecule has 0 unspecified atom stereocenters.